The molecule has 0 bridgehead atoms. The van der Waals surface area contributed by atoms with Crippen LogP contribution in [0.15, 0.2) is 30.5 Å². The Bertz CT molecular complexity index is 482. The fourth-order valence-electron chi connectivity index (χ4n) is 1.05. The lowest BCUT2D eigenvalue weighted by Crippen LogP contribution is -1.76. The molecule has 0 aliphatic rings. The molecule has 0 atom stereocenters. The summed E-state index contributed by atoms with van der Waals surface area (Å²) in [4.78, 5) is 4.62. The zero-order valence-electron chi connectivity index (χ0n) is 7.07. The van der Waals surface area contributed by atoms with Gasteiger partial charge in [-0.15, -0.1) is 11.3 Å². The Kier molecular flexibility index (Phi) is 2.25. The highest BCUT2D eigenvalue weighted by Crippen LogP contribution is 2.24. The number of nitrogens with zero attached hydrogens (tertiary/aromatic N) is 2. The summed E-state index contributed by atoms with van der Waals surface area (Å²) in [6, 6.07) is 8.06. The number of hydrogen-bond donors (Lipinski definition) is 0. The molecule has 0 radical (unpaired) electrons. The van der Waals surface area contributed by atoms with Gasteiger partial charge in [0.05, 0.1) is 6.20 Å². The summed E-state index contributed by atoms with van der Waals surface area (Å²) in [6.07, 6.45) is 1.52. The van der Waals surface area contributed by atoms with Crippen LogP contribution in [0.3, 0.4) is 0 Å². The van der Waals surface area contributed by atoms with Gasteiger partial charge in [-0.2, -0.15) is 5.26 Å². The second-order valence-electron chi connectivity index (χ2n) is 2.65. The molecule has 1 aromatic carbocycles. The van der Waals surface area contributed by atoms with Crippen molar-refractivity contribution in [2.75, 3.05) is 0 Å². The van der Waals surface area contributed by atoms with E-state index in [9.17, 15) is 4.39 Å². The van der Waals surface area contributed by atoms with Crippen LogP contribution in [-0.4, -0.2) is 4.98 Å². The van der Waals surface area contributed by atoms with Crippen molar-refractivity contribution in [3.63, 3.8) is 0 Å². The first kappa shape index (κ1) is 8.85. The molecule has 4 heteroatoms. The Balaban J connectivity index is 2.40. The fourth-order valence-corrected chi connectivity index (χ4v) is 1.77. The number of halogens is 1. The van der Waals surface area contributed by atoms with Crippen LogP contribution in [0.5, 0.6) is 0 Å². The molecule has 2 aromatic rings. The van der Waals surface area contributed by atoms with Gasteiger partial charge in [-0.3, -0.25) is 0 Å². The van der Waals surface area contributed by atoms with Crippen LogP contribution in [0.25, 0.3) is 10.6 Å². The first-order chi connectivity index (χ1) is 6.79. The summed E-state index contributed by atoms with van der Waals surface area (Å²) in [5, 5.41) is 9.34. The SMILES string of the molecule is N#Cc1cnc(-c2ccc(F)cc2)s1. The summed E-state index contributed by atoms with van der Waals surface area (Å²) in [5.74, 6) is -0.272. The van der Waals surface area contributed by atoms with E-state index in [4.69, 9.17) is 5.26 Å². The van der Waals surface area contributed by atoms with Crippen LogP contribution in [0, 0.1) is 17.1 Å². The summed E-state index contributed by atoms with van der Waals surface area (Å²) in [6.45, 7) is 0. The zero-order valence-corrected chi connectivity index (χ0v) is 7.88. The molecule has 0 aliphatic heterocycles. The van der Waals surface area contributed by atoms with E-state index in [0.717, 1.165) is 10.6 Å². The smallest absolute Gasteiger partial charge is 0.125 e. The third-order valence-corrected chi connectivity index (χ3v) is 2.66. The molecule has 0 amide bonds. The third-order valence-electron chi connectivity index (χ3n) is 1.71. The van der Waals surface area contributed by atoms with Crippen LogP contribution in [0.4, 0.5) is 4.39 Å². The lowest BCUT2D eigenvalue weighted by atomic mass is 10.2. The lowest BCUT2D eigenvalue weighted by molar-refractivity contribution is 0.628. The molecular formula is C10H5FN2S. The molecule has 2 rings (SSSR count). The van der Waals surface area contributed by atoms with Crippen molar-refractivity contribution in [2.45, 2.75) is 0 Å². The highest BCUT2D eigenvalue weighted by Gasteiger charge is 2.03. The normalized spacial score (nSPS) is 9.71. The predicted molar refractivity (Wildman–Crippen MR) is 52.2 cm³/mol. The summed E-state index contributed by atoms with van der Waals surface area (Å²) in [7, 11) is 0. The number of hydrogen-bond acceptors (Lipinski definition) is 3. The number of aromatic nitrogens is 1. The van der Waals surface area contributed by atoms with E-state index in [-0.39, 0.29) is 5.82 Å². The van der Waals surface area contributed by atoms with Gasteiger partial charge >= 0.3 is 0 Å². The van der Waals surface area contributed by atoms with Crippen molar-refractivity contribution in [2.24, 2.45) is 0 Å². The van der Waals surface area contributed by atoms with E-state index in [1.807, 2.05) is 6.07 Å². The average molecular weight is 204 g/mol. The van der Waals surface area contributed by atoms with Crippen molar-refractivity contribution in [3.05, 3.63) is 41.2 Å². The maximum atomic E-state index is 12.6. The van der Waals surface area contributed by atoms with Gasteiger partial charge in [0.15, 0.2) is 0 Å². The molecule has 0 saturated heterocycles. The van der Waals surface area contributed by atoms with Crippen molar-refractivity contribution in [1.29, 1.82) is 5.26 Å². The Labute approximate surface area is 84.3 Å². The number of thiazole rings is 1. The first-order valence-electron chi connectivity index (χ1n) is 3.91. The Morgan fingerprint density at radius 1 is 1.29 bits per heavy atom. The largest absolute Gasteiger partial charge is 0.243 e. The summed E-state index contributed by atoms with van der Waals surface area (Å²) in [5.41, 5.74) is 0.831. The van der Waals surface area contributed by atoms with Crippen LogP contribution in [0.2, 0.25) is 0 Å². The first-order valence-corrected chi connectivity index (χ1v) is 4.73. The van der Waals surface area contributed by atoms with Gasteiger partial charge in [0.25, 0.3) is 0 Å². The minimum Gasteiger partial charge on any atom is -0.243 e. The van der Waals surface area contributed by atoms with Crippen molar-refractivity contribution < 1.29 is 4.39 Å². The predicted octanol–water partition coefficient (Wildman–Crippen LogP) is 2.82. The highest BCUT2D eigenvalue weighted by molar-refractivity contribution is 7.15. The molecule has 0 unspecified atom stereocenters. The quantitative estimate of drug-likeness (QED) is 0.716. The monoisotopic (exact) mass is 204 g/mol. The van der Waals surface area contributed by atoms with E-state index in [0.29, 0.717) is 4.88 Å². The number of benzene rings is 1. The number of nitriles is 1. The molecule has 0 saturated carbocycles. The van der Waals surface area contributed by atoms with Gasteiger partial charge in [0.1, 0.15) is 21.8 Å². The van der Waals surface area contributed by atoms with Crippen molar-refractivity contribution >= 4 is 11.3 Å². The van der Waals surface area contributed by atoms with Crippen molar-refractivity contribution in [1.82, 2.24) is 4.98 Å². The minimum absolute atomic E-state index is 0.272. The average Bonchev–Trinajstić information content (AvgIpc) is 2.67. The van der Waals surface area contributed by atoms with E-state index >= 15 is 0 Å². The lowest BCUT2D eigenvalue weighted by Gasteiger charge is -1.93. The summed E-state index contributed by atoms with van der Waals surface area (Å²) >= 11 is 1.30. The minimum atomic E-state index is -0.272. The van der Waals surface area contributed by atoms with Crippen LogP contribution in [0.1, 0.15) is 4.88 Å². The van der Waals surface area contributed by atoms with Gasteiger partial charge in [-0.05, 0) is 24.3 Å². The molecule has 0 spiro atoms. The molecular weight excluding hydrogens is 199 g/mol. The number of rotatable bonds is 1. The van der Waals surface area contributed by atoms with Crippen LogP contribution < -0.4 is 0 Å². The molecule has 0 N–H and O–H groups in total. The highest BCUT2D eigenvalue weighted by atomic mass is 32.1. The Morgan fingerprint density at radius 3 is 2.57 bits per heavy atom. The molecule has 1 aromatic heterocycles. The van der Waals surface area contributed by atoms with E-state index < -0.39 is 0 Å². The van der Waals surface area contributed by atoms with Crippen molar-refractivity contribution in [3.8, 4) is 16.6 Å². The van der Waals surface area contributed by atoms with Crippen LogP contribution in [-0.2, 0) is 0 Å². The Morgan fingerprint density at radius 2 is 2.00 bits per heavy atom. The second kappa shape index (κ2) is 3.56. The van der Waals surface area contributed by atoms with Gasteiger partial charge in [-0.25, -0.2) is 9.37 Å². The summed E-state index contributed by atoms with van der Waals surface area (Å²) < 4.78 is 12.6. The second-order valence-corrected chi connectivity index (χ2v) is 3.68. The van der Waals surface area contributed by atoms with E-state index in [1.54, 1.807) is 12.1 Å². The molecule has 0 fully saturated rings. The fraction of sp³-hybridized carbons (Fsp3) is 0. The molecule has 0 aliphatic carbocycles. The third kappa shape index (κ3) is 1.63. The molecule has 68 valence electrons. The maximum absolute atomic E-state index is 12.6. The Hall–Kier alpha value is -1.73. The standard InChI is InChI=1S/C10H5FN2S/c11-8-3-1-7(2-4-8)10-13-6-9(5-12)14-10/h1-4,6H. The van der Waals surface area contributed by atoms with Gasteiger partial charge in [0, 0.05) is 5.56 Å². The van der Waals surface area contributed by atoms with Gasteiger partial charge < -0.3 is 0 Å². The van der Waals surface area contributed by atoms with E-state index in [1.165, 1.54) is 29.7 Å². The molecule has 1 heterocycles. The van der Waals surface area contributed by atoms with Crippen LogP contribution >= 0.6 is 11.3 Å². The van der Waals surface area contributed by atoms with Gasteiger partial charge in [-0.1, -0.05) is 0 Å². The molecule has 2 nitrogen and oxygen atoms in total. The maximum Gasteiger partial charge on any atom is 0.125 e. The topological polar surface area (TPSA) is 36.7 Å². The molecule has 14 heavy (non-hydrogen) atoms. The zero-order chi connectivity index (χ0) is 9.97. The van der Waals surface area contributed by atoms with Gasteiger partial charge in [0.2, 0.25) is 0 Å². The van der Waals surface area contributed by atoms with E-state index in [2.05, 4.69) is 4.98 Å².